The number of aromatic hydroxyl groups is 1. The van der Waals surface area contributed by atoms with E-state index in [9.17, 15) is 10.2 Å². The van der Waals surface area contributed by atoms with Gasteiger partial charge in [0.1, 0.15) is 11.5 Å². The van der Waals surface area contributed by atoms with E-state index in [4.69, 9.17) is 0 Å². The molecule has 0 fully saturated rings. The molecule has 0 atom stereocenters. The van der Waals surface area contributed by atoms with Crippen LogP contribution < -0.4 is 0 Å². The van der Waals surface area contributed by atoms with Crippen LogP contribution in [0.15, 0.2) is 53.8 Å². The molecule has 2 heteroatoms. The van der Waals surface area contributed by atoms with Crippen LogP contribution in [0.3, 0.4) is 0 Å². The molecule has 0 saturated heterocycles. The van der Waals surface area contributed by atoms with Gasteiger partial charge in [-0.2, -0.15) is 0 Å². The predicted octanol–water partition coefficient (Wildman–Crippen LogP) is 3.57. The molecule has 82 valence electrons. The van der Waals surface area contributed by atoms with Crippen LogP contribution in [0.4, 0.5) is 0 Å². The number of hydrogen-bond acceptors (Lipinski definition) is 2. The summed E-state index contributed by atoms with van der Waals surface area (Å²) in [4.78, 5) is 0. The van der Waals surface area contributed by atoms with E-state index in [1.807, 2.05) is 30.4 Å². The quantitative estimate of drug-likeness (QED) is 0.790. The number of allylic oxidation sites excluding steroid dienone is 4. The zero-order valence-corrected chi connectivity index (χ0v) is 8.93. The van der Waals surface area contributed by atoms with Crippen LogP contribution in [0.5, 0.6) is 5.75 Å². The maximum atomic E-state index is 9.33. The SMILES string of the molecule is OC1=CCCC(/C=C\c2cccc(O)c2)=C1. The third-order valence-electron chi connectivity index (χ3n) is 2.48. The summed E-state index contributed by atoms with van der Waals surface area (Å²) in [5.41, 5.74) is 2.05. The van der Waals surface area contributed by atoms with Gasteiger partial charge >= 0.3 is 0 Å². The van der Waals surface area contributed by atoms with Gasteiger partial charge in [-0.05, 0) is 48.3 Å². The van der Waals surface area contributed by atoms with Gasteiger partial charge in [0.15, 0.2) is 0 Å². The van der Waals surface area contributed by atoms with E-state index in [0.717, 1.165) is 24.0 Å². The fourth-order valence-electron chi connectivity index (χ4n) is 1.67. The summed E-state index contributed by atoms with van der Waals surface area (Å²) in [7, 11) is 0. The molecule has 1 aliphatic rings. The molecule has 0 radical (unpaired) electrons. The van der Waals surface area contributed by atoms with Gasteiger partial charge < -0.3 is 10.2 Å². The van der Waals surface area contributed by atoms with Gasteiger partial charge in [-0.1, -0.05) is 24.3 Å². The number of benzene rings is 1. The Morgan fingerprint density at radius 3 is 2.75 bits per heavy atom. The smallest absolute Gasteiger partial charge is 0.116 e. The van der Waals surface area contributed by atoms with Crippen LogP contribution in [-0.2, 0) is 0 Å². The molecule has 0 unspecified atom stereocenters. The van der Waals surface area contributed by atoms with E-state index < -0.39 is 0 Å². The normalized spacial score (nSPS) is 16.0. The van der Waals surface area contributed by atoms with Gasteiger partial charge in [0.05, 0.1) is 0 Å². The molecule has 2 nitrogen and oxygen atoms in total. The first-order valence-corrected chi connectivity index (χ1v) is 5.31. The van der Waals surface area contributed by atoms with Crippen LogP contribution in [0.2, 0.25) is 0 Å². The molecule has 0 amide bonds. The Bertz CT molecular complexity index is 467. The first-order chi connectivity index (χ1) is 7.74. The van der Waals surface area contributed by atoms with Crippen molar-refractivity contribution in [1.82, 2.24) is 0 Å². The molecule has 0 spiro atoms. The number of hydrogen-bond donors (Lipinski definition) is 2. The summed E-state index contributed by atoms with van der Waals surface area (Å²) in [6.07, 6.45) is 9.30. The maximum Gasteiger partial charge on any atom is 0.116 e. The first-order valence-electron chi connectivity index (χ1n) is 5.31. The molecule has 1 aromatic carbocycles. The van der Waals surface area contributed by atoms with Gasteiger partial charge in [0.25, 0.3) is 0 Å². The van der Waals surface area contributed by atoms with Crippen molar-refractivity contribution in [2.24, 2.45) is 0 Å². The van der Waals surface area contributed by atoms with Crippen molar-refractivity contribution in [3.63, 3.8) is 0 Å². The van der Waals surface area contributed by atoms with E-state index in [2.05, 4.69) is 0 Å². The Labute approximate surface area is 94.9 Å². The monoisotopic (exact) mass is 214 g/mol. The largest absolute Gasteiger partial charge is 0.508 e. The van der Waals surface area contributed by atoms with E-state index in [1.54, 1.807) is 18.2 Å². The lowest BCUT2D eigenvalue weighted by Gasteiger charge is -2.06. The summed E-state index contributed by atoms with van der Waals surface area (Å²) >= 11 is 0. The van der Waals surface area contributed by atoms with E-state index in [0.29, 0.717) is 5.76 Å². The molecular weight excluding hydrogens is 200 g/mol. The van der Waals surface area contributed by atoms with Gasteiger partial charge in [0, 0.05) is 0 Å². The molecule has 1 aliphatic carbocycles. The standard InChI is InChI=1S/C14H14O2/c15-13-5-1-3-11(9-13)7-8-12-4-2-6-14(16)10-12/h1,3,5-10,15-16H,2,4H2/b8-7-. The highest BCUT2D eigenvalue weighted by Crippen LogP contribution is 2.19. The van der Waals surface area contributed by atoms with Crippen molar-refractivity contribution in [3.05, 3.63) is 59.4 Å². The summed E-state index contributed by atoms with van der Waals surface area (Å²) in [5, 5.41) is 18.6. The van der Waals surface area contributed by atoms with E-state index in [1.165, 1.54) is 0 Å². The first kappa shape index (κ1) is 10.6. The molecule has 1 aromatic rings. The molecule has 16 heavy (non-hydrogen) atoms. The Morgan fingerprint density at radius 1 is 1.12 bits per heavy atom. The average molecular weight is 214 g/mol. The number of aliphatic hydroxyl groups excluding tert-OH is 1. The summed E-state index contributed by atoms with van der Waals surface area (Å²) < 4.78 is 0. The maximum absolute atomic E-state index is 9.33. The van der Waals surface area contributed by atoms with Crippen LogP contribution >= 0.6 is 0 Å². The fraction of sp³-hybridized carbons (Fsp3) is 0.143. The highest BCUT2D eigenvalue weighted by Gasteiger charge is 2.00. The Hall–Kier alpha value is -1.96. The van der Waals surface area contributed by atoms with Gasteiger partial charge in [-0.15, -0.1) is 0 Å². The molecule has 2 N–H and O–H groups in total. The third kappa shape index (κ3) is 2.76. The molecular formula is C14H14O2. The summed E-state index contributed by atoms with van der Waals surface area (Å²) in [6, 6.07) is 7.08. The second kappa shape index (κ2) is 4.71. The predicted molar refractivity (Wildman–Crippen MR) is 65.2 cm³/mol. The van der Waals surface area contributed by atoms with Crippen LogP contribution in [0.1, 0.15) is 18.4 Å². The highest BCUT2D eigenvalue weighted by molar-refractivity contribution is 5.55. The number of rotatable bonds is 2. The third-order valence-corrected chi connectivity index (χ3v) is 2.48. The Balaban J connectivity index is 2.13. The molecule has 0 saturated carbocycles. The minimum Gasteiger partial charge on any atom is -0.508 e. The van der Waals surface area contributed by atoms with Gasteiger partial charge in [0.2, 0.25) is 0 Å². The number of aliphatic hydroxyl groups is 1. The van der Waals surface area contributed by atoms with Gasteiger partial charge in [-0.25, -0.2) is 0 Å². The number of phenols is 1. The van der Waals surface area contributed by atoms with Crippen molar-refractivity contribution >= 4 is 6.08 Å². The van der Waals surface area contributed by atoms with Crippen molar-refractivity contribution in [2.45, 2.75) is 12.8 Å². The zero-order valence-electron chi connectivity index (χ0n) is 8.93. The lowest BCUT2D eigenvalue weighted by molar-refractivity contribution is 0.426. The minimum atomic E-state index is 0.266. The zero-order chi connectivity index (χ0) is 11.4. The topological polar surface area (TPSA) is 40.5 Å². The minimum absolute atomic E-state index is 0.266. The van der Waals surface area contributed by atoms with Crippen LogP contribution in [0.25, 0.3) is 6.08 Å². The van der Waals surface area contributed by atoms with Crippen LogP contribution in [-0.4, -0.2) is 10.2 Å². The van der Waals surface area contributed by atoms with E-state index in [-0.39, 0.29) is 5.75 Å². The lowest BCUT2D eigenvalue weighted by Crippen LogP contribution is -1.88. The van der Waals surface area contributed by atoms with Crippen molar-refractivity contribution in [1.29, 1.82) is 0 Å². The highest BCUT2D eigenvalue weighted by atomic mass is 16.3. The molecule has 0 aliphatic heterocycles. The average Bonchev–Trinajstić information content (AvgIpc) is 2.27. The summed E-state index contributed by atoms with van der Waals surface area (Å²) in [6.45, 7) is 0. The Morgan fingerprint density at radius 2 is 2.00 bits per heavy atom. The Kier molecular flexibility index (Phi) is 3.10. The van der Waals surface area contributed by atoms with E-state index >= 15 is 0 Å². The second-order valence-corrected chi connectivity index (χ2v) is 3.82. The molecule has 0 aromatic heterocycles. The fourth-order valence-corrected chi connectivity index (χ4v) is 1.67. The van der Waals surface area contributed by atoms with Crippen molar-refractivity contribution < 1.29 is 10.2 Å². The van der Waals surface area contributed by atoms with Crippen molar-refractivity contribution in [2.75, 3.05) is 0 Å². The van der Waals surface area contributed by atoms with Crippen LogP contribution in [0, 0.1) is 0 Å². The molecule has 0 heterocycles. The number of phenolic OH excluding ortho intramolecular Hbond substituents is 1. The molecule has 2 rings (SSSR count). The second-order valence-electron chi connectivity index (χ2n) is 3.82. The molecule has 0 bridgehead atoms. The summed E-state index contributed by atoms with van der Waals surface area (Å²) in [5.74, 6) is 0.601. The van der Waals surface area contributed by atoms with Crippen molar-refractivity contribution in [3.8, 4) is 5.75 Å². The lowest BCUT2D eigenvalue weighted by atomic mass is 10.0. The van der Waals surface area contributed by atoms with Gasteiger partial charge in [-0.3, -0.25) is 0 Å².